The molecule has 1 aliphatic rings. The molecule has 2 atom stereocenters. The number of hydrogen-bond acceptors (Lipinski definition) is 1. The fraction of sp³-hybridized carbons (Fsp3) is 0.692. The Bertz CT molecular complexity index is 189. The second-order valence-corrected chi connectivity index (χ2v) is 4.23. The van der Waals surface area contributed by atoms with Gasteiger partial charge in [0.25, 0.3) is 0 Å². The lowest BCUT2D eigenvalue weighted by atomic mass is 9.80. The normalized spacial score (nSPS) is 23.6. The second kappa shape index (κ2) is 6.02. The molecule has 0 heterocycles. The minimum absolute atomic E-state index is 0.142. The maximum Gasteiger partial charge on any atom is 0.0665 e. The molecule has 0 amide bonds. The molecule has 0 aromatic rings. The van der Waals surface area contributed by atoms with E-state index < -0.39 is 0 Å². The van der Waals surface area contributed by atoms with Gasteiger partial charge in [-0.15, -0.1) is 6.58 Å². The Hall–Kier alpha value is -0.560. The third-order valence-electron chi connectivity index (χ3n) is 3.21. The maximum atomic E-state index is 10.1. The van der Waals surface area contributed by atoms with Crippen molar-refractivity contribution >= 4 is 0 Å². The molecule has 0 bridgehead atoms. The molecule has 1 saturated carbocycles. The van der Waals surface area contributed by atoms with E-state index in [1.54, 1.807) is 0 Å². The summed E-state index contributed by atoms with van der Waals surface area (Å²) < 4.78 is 0. The van der Waals surface area contributed by atoms with E-state index in [1.807, 2.05) is 25.2 Å². The molecule has 0 radical (unpaired) electrons. The first-order valence-electron chi connectivity index (χ1n) is 5.73. The zero-order chi connectivity index (χ0) is 10.4. The van der Waals surface area contributed by atoms with Gasteiger partial charge in [0, 0.05) is 5.92 Å². The quantitative estimate of drug-likeness (QED) is 0.681. The molecular weight excluding hydrogens is 172 g/mol. The van der Waals surface area contributed by atoms with Gasteiger partial charge in [0.05, 0.1) is 6.10 Å². The van der Waals surface area contributed by atoms with Crippen LogP contribution in [0.15, 0.2) is 24.8 Å². The molecule has 14 heavy (non-hydrogen) atoms. The lowest BCUT2D eigenvalue weighted by Gasteiger charge is -2.29. The van der Waals surface area contributed by atoms with Crippen LogP contribution < -0.4 is 0 Å². The molecule has 1 nitrogen and oxygen atoms in total. The molecule has 0 aliphatic heterocycles. The first-order chi connectivity index (χ1) is 6.79. The van der Waals surface area contributed by atoms with Gasteiger partial charge in [0.1, 0.15) is 0 Å². The largest absolute Gasteiger partial charge is 0.392 e. The van der Waals surface area contributed by atoms with Gasteiger partial charge in [-0.05, 0) is 25.7 Å². The molecule has 1 aliphatic carbocycles. The van der Waals surface area contributed by atoms with Crippen LogP contribution in [-0.2, 0) is 0 Å². The standard InChI is InChI=1S/C13H22O/c1-3-8-11(4-2)13(14)12-9-6-5-7-10-12/h3-4,8,11-14H,2,5-7,9-10H2,1H3/b8-3+. The van der Waals surface area contributed by atoms with Crippen LogP contribution in [0.4, 0.5) is 0 Å². The highest BCUT2D eigenvalue weighted by Gasteiger charge is 2.25. The van der Waals surface area contributed by atoms with E-state index in [2.05, 4.69) is 6.58 Å². The summed E-state index contributed by atoms with van der Waals surface area (Å²) in [7, 11) is 0. The van der Waals surface area contributed by atoms with Gasteiger partial charge < -0.3 is 5.11 Å². The molecule has 0 aromatic heterocycles. The van der Waals surface area contributed by atoms with Crippen LogP contribution in [-0.4, -0.2) is 11.2 Å². The molecule has 1 heteroatoms. The fourth-order valence-corrected chi connectivity index (χ4v) is 2.34. The summed E-state index contributed by atoms with van der Waals surface area (Å²) in [6, 6.07) is 0. The smallest absolute Gasteiger partial charge is 0.0665 e. The highest BCUT2D eigenvalue weighted by molar-refractivity contribution is 5.01. The van der Waals surface area contributed by atoms with E-state index in [9.17, 15) is 5.11 Å². The van der Waals surface area contributed by atoms with E-state index in [4.69, 9.17) is 0 Å². The Morgan fingerprint density at radius 3 is 2.43 bits per heavy atom. The van der Waals surface area contributed by atoms with Gasteiger partial charge in [-0.3, -0.25) is 0 Å². The van der Waals surface area contributed by atoms with Crippen LogP contribution in [0.1, 0.15) is 39.0 Å². The number of rotatable bonds is 4. The van der Waals surface area contributed by atoms with E-state index in [-0.39, 0.29) is 12.0 Å². The minimum Gasteiger partial charge on any atom is -0.392 e. The summed E-state index contributed by atoms with van der Waals surface area (Å²) in [5.41, 5.74) is 0. The maximum absolute atomic E-state index is 10.1. The van der Waals surface area contributed by atoms with E-state index in [0.717, 1.165) is 0 Å². The Kier molecular flexibility index (Phi) is 4.95. The van der Waals surface area contributed by atoms with Crippen LogP contribution in [0.25, 0.3) is 0 Å². The highest BCUT2D eigenvalue weighted by Crippen LogP contribution is 2.30. The average molecular weight is 194 g/mol. The van der Waals surface area contributed by atoms with Crippen molar-refractivity contribution in [2.75, 3.05) is 0 Å². The third kappa shape index (κ3) is 2.98. The monoisotopic (exact) mass is 194 g/mol. The first kappa shape index (κ1) is 11.5. The van der Waals surface area contributed by atoms with Crippen molar-refractivity contribution in [2.24, 2.45) is 11.8 Å². The molecule has 80 valence electrons. The van der Waals surface area contributed by atoms with Crippen LogP contribution in [0.5, 0.6) is 0 Å². The van der Waals surface area contributed by atoms with E-state index >= 15 is 0 Å². The summed E-state index contributed by atoms with van der Waals surface area (Å²) in [5, 5.41) is 10.1. The Morgan fingerprint density at radius 1 is 1.29 bits per heavy atom. The topological polar surface area (TPSA) is 20.2 Å². The third-order valence-corrected chi connectivity index (χ3v) is 3.21. The van der Waals surface area contributed by atoms with Crippen LogP contribution in [0, 0.1) is 11.8 Å². The second-order valence-electron chi connectivity index (χ2n) is 4.23. The van der Waals surface area contributed by atoms with Crippen molar-refractivity contribution in [3.63, 3.8) is 0 Å². The molecule has 1 fully saturated rings. The predicted molar refractivity (Wildman–Crippen MR) is 61.1 cm³/mol. The van der Waals surface area contributed by atoms with Gasteiger partial charge in [-0.25, -0.2) is 0 Å². The van der Waals surface area contributed by atoms with Gasteiger partial charge in [0.2, 0.25) is 0 Å². The Morgan fingerprint density at radius 2 is 1.93 bits per heavy atom. The Labute approximate surface area is 87.5 Å². The zero-order valence-corrected chi connectivity index (χ0v) is 9.15. The van der Waals surface area contributed by atoms with Crippen molar-refractivity contribution < 1.29 is 5.11 Å². The van der Waals surface area contributed by atoms with E-state index in [1.165, 1.54) is 32.1 Å². The molecular formula is C13H22O. The van der Waals surface area contributed by atoms with Crippen molar-refractivity contribution in [3.8, 4) is 0 Å². The lowest BCUT2D eigenvalue weighted by Crippen LogP contribution is -2.28. The van der Waals surface area contributed by atoms with Gasteiger partial charge in [-0.2, -0.15) is 0 Å². The highest BCUT2D eigenvalue weighted by atomic mass is 16.3. The van der Waals surface area contributed by atoms with Crippen molar-refractivity contribution in [2.45, 2.75) is 45.1 Å². The molecule has 0 spiro atoms. The van der Waals surface area contributed by atoms with E-state index in [0.29, 0.717) is 5.92 Å². The van der Waals surface area contributed by atoms with Gasteiger partial charge in [0.15, 0.2) is 0 Å². The molecule has 2 unspecified atom stereocenters. The molecule has 1 N–H and O–H groups in total. The number of aliphatic hydroxyl groups is 1. The van der Waals surface area contributed by atoms with Crippen LogP contribution in [0.3, 0.4) is 0 Å². The summed E-state index contributed by atoms with van der Waals surface area (Å²) in [4.78, 5) is 0. The van der Waals surface area contributed by atoms with Crippen molar-refractivity contribution in [3.05, 3.63) is 24.8 Å². The average Bonchev–Trinajstić information content (AvgIpc) is 2.26. The van der Waals surface area contributed by atoms with Crippen molar-refractivity contribution in [1.29, 1.82) is 0 Å². The minimum atomic E-state index is -0.219. The van der Waals surface area contributed by atoms with Crippen molar-refractivity contribution in [1.82, 2.24) is 0 Å². The van der Waals surface area contributed by atoms with Crippen LogP contribution >= 0.6 is 0 Å². The molecule has 0 aromatic carbocycles. The predicted octanol–water partition coefficient (Wildman–Crippen LogP) is 3.31. The number of aliphatic hydroxyl groups excluding tert-OH is 1. The summed E-state index contributed by atoms with van der Waals surface area (Å²) in [6.45, 7) is 5.77. The number of hydrogen-bond donors (Lipinski definition) is 1. The zero-order valence-electron chi connectivity index (χ0n) is 9.15. The van der Waals surface area contributed by atoms with Crippen LogP contribution in [0.2, 0.25) is 0 Å². The van der Waals surface area contributed by atoms with Gasteiger partial charge >= 0.3 is 0 Å². The molecule has 1 rings (SSSR count). The first-order valence-corrected chi connectivity index (χ1v) is 5.73. The molecule has 0 saturated heterocycles. The number of allylic oxidation sites excluding steroid dienone is 1. The summed E-state index contributed by atoms with van der Waals surface area (Å²) in [6.07, 6.45) is 12.0. The summed E-state index contributed by atoms with van der Waals surface area (Å²) >= 11 is 0. The lowest BCUT2D eigenvalue weighted by molar-refractivity contribution is 0.0642. The summed E-state index contributed by atoms with van der Waals surface area (Å²) in [5.74, 6) is 0.631. The Balaban J connectivity index is 2.51. The SMILES string of the molecule is C=CC(/C=C/C)C(O)C1CCCCC1. The fourth-order valence-electron chi connectivity index (χ4n) is 2.34. The van der Waals surface area contributed by atoms with Gasteiger partial charge in [-0.1, -0.05) is 37.5 Å².